The number of thiophene rings is 1. The van der Waals surface area contributed by atoms with Gasteiger partial charge in [-0.1, -0.05) is 35.3 Å². The number of sulfonamides is 1. The van der Waals surface area contributed by atoms with Crippen molar-refractivity contribution in [3.63, 3.8) is 0 Å². The number of aliphatic hydroxyl groups is 1. The third-order valence-electron chi connectivity index (χ3n) is 3.99. The average Bonchev–Trinajstić information content (AvgIpc) is 2.91. The Balaban J connectivity index is 2.60. The Hall–Kier alpha value is -1.21. The molecule has 0 fully saturated rings. The molecule has 0 aliphatic carbocycles. The van der Waals surface area contributed by atoms with Gasteiger partial charge in [-0.2, -0.15) is 26.3 Å². The highest BCUT2D eigenvalue weighted by Gasteiger charge is 2.71. The van der Waals surface area contributed by atoms with E-state index in [1.54, 1.807) is 0 Å². The summed E-state index contributed by atoms with van der Waals surface area (Å²) >= 11 is 12.4. The van der Waals surface area contributed by atoms with E-state index in [9.17, 15) is 39.9 Å². The van der Waals surface area contributed by atoms with E-state index in [1.807, 2.05) is 0 Å². The van der Waals surface area contributed by atoms with Crippen LogP contribution in [0.3, 0.4) is 0 Å². The fourth-order valence-electron chi connectivity index (χ4n) is 2.66. The second-order valence-electron chi connectivity index (χ2n) is 6.34. The molecule has 0 unspecified atom stereocenters. The summed E-state index contributed by atoms with van der Waals surface area (Å²) in [6.07, 6.45) is -12.1. The van der Waals surface area contributed by atoms with Gasteiger partial charge in [-0.15, -0.1) is 11.3 Å². The summed E-state index contributed by atoms with van der Waals surface area (Å²) < 4.78 is 105. The highest BCUT2D eigenvalue weighted by molar-refractivity contribution is 7.93. The van der Waals surface area contributed by atoms with Crippen molar-refractivity contribution >= 4 is 50.2 Å². The van der Waals surface area contributed by atoms with Crippen molar-refractivity contribution in [3.8, 4) is 0 Å². The second-order valence-corrected chi connectivity index (χ2v) is 10.4. The number of nitrogens with zero attached hydrogens (tertiary/aromatic N) is 1. The van der Waals surface area contributed by atoms with Gasteiger partial charge in [-0.3, -0.25) is 4.31 Å². The van der Waals surface area contributed by atoms with E-state index in [4.69, 9.17) is 23.2 Å². The molecule has 1 N–H and O–H groups in total. The molecule has 2 aromatic rings. The van der Waals surface area contributed by atoms with Gasteiger partial charge in [-0.25, -0.2) is 8.42 Å². The molecule has 0 saturated heterocycles. The normalized spacial score (nSPS) is 13.7. The van der Waals surface area contributed by atoms with Crippen LogP contribution in [0.5, 0.6) is 0 Å². The number of rotatable bonds is 5. The predicted molar refractivity (Wildman–Crippen MR) is 102 cm³/mol. The molecule has 0 aliphatic heterocycles. The van der Waals surface area contributed by atoms with Crippen LogP contribution in [0.15, 0.2) is 35.2 Å². The summed E-state index contributed by atoms with van der Waals surface area (Å²) in [7, 11) is -4.35. The lowest BCUT2D eigenvalue weighted by Crippen LogP contribution is -2.53. The van der Waals surface area contributed by atoms with Crippen molar-refractivity contribution in [2.45, 2.75) is 42.7 Å². The topological polar surface area (TPSA) is 57.6 Å². The van der Waals surface area contributed by atoms with Crippen LogP contribution < -0.4 is 4.31 Å². The van der Waals surface area contributed by atoms with Crippen molar-refractivity contribution in [1.82, 2.24) is 0 Å². The van der Waals surface area contributed by atoms with E-state index >= 15 is 0 Å². The minimum absolute atomic E-state index is 0.0676. The van der Waals surface area contributed by atoms with Crippen LogP contribution in [0.2, 0.25) is 8.67 Å². The van der Waals surface area contributed by atoms with Gasteiger partial charge < -0.3 is 5.11 Å². The van der Waals surface area contributed by atoms with Gasteiger partial charge in [0, 0.05) is 11.6 Å². The molecule has 14 heteroatoms. The molecular weight excluding hydrogens is 503 g/mol. The van der Waals surface area contributed by atoms with Crippen LogP contribution in [-0.2, 0) is 15.6 Å². The molecule has 2 rings (SSSR count). The molecule has 0 spiro atoms. The van der Waals surface area contributed by atoms with Crippen molar-refractivity contribution in [2.75, 3.05) is 4.31 Å². The summed E-state index contributed by atoms with van der Waals surface area (Å²) in [6, 6.07) is 2.49. The molecule has 1 heterocycles. The number of benzene rings is 1. The molecule has 0 radical (unpaired) electrons. The van der Waals surface area contributed by atoms with Crippen molar-refractivity contribution < 1.29 is 39.9 Å². The summed E-state index contributed by atoms with van der Waals surface area (Å²) in [4.78, 5) is -0.362. The van der Waals surface area contributed by atoms with Gasteiger partial charge in [0.15, 0.2) is 0 Å². The maximum Gasteiger partial charge on any atom is 0.430 e. The van der Waals surface area contributed by atoms with Crippen molar-refractivity contribution in [3.05, 3.63) is 44.6 Å². The first-order valence-corrected chi connectivity index (χ1v) is 10.9. The zero-order valence-corrected chi connectivity index (χ0v) is 18.2. The summed E-state index contributed by atoms with van der Waals surface area (Å²) in [5.41, 5.74) is -6.87. The maximum atomic E-state index is 13.0. The first kappa shape index (κ1) is 25.1. The minimum Gasteiger partial charge on any atom is -0.369 e. The van der Waals surface area contributed by atoms with E-state index in [0.717, 1.165) is 33.8 Å². The zero-order chi connectivity index (χ0) is 23.3. The standard InChI is InChI=1S/C16H13Cl2F6NO3S2/c1-8(2)25(30(27,28)11-7-12(17)29-13(11)18)10-5-3-9(4-6-10)14(26,15(19,20)21)16(22,23)24/h3-8,26H,1-2H3. The number of alkyl halides is 6. The Bertz CT molecular complexity index is 1000. The van der Waals surface area contributed by atoms with Crippen LogP contribution >= 0.6 is 34.5 Å². The summed E-state index contributed by atoms with van der Waals surface area (Å²) in [5, 5.41) is 9.46. The lowest BCUT2D eigenvalue weighted by atomic mass is 9.92. The molecule has 4 nitrogen and oxygen atoms in total. The zero-order valence-electron chi connectivity index (χ0n) is 15.0. The minimum atomic E-state index is -6.06. The first-order valence-electron chi connectivity index (χ1n) is 7.90. The van der Waals surface area contributed by atoms with E-state index < -0.39 is 39.6 Å². The Morgan fingerprint density at radius 3 is 1.80 bits per heavy atom. The maximum absolute atomic E-state index is 13.0. The Kier molecular flexibility index (Phi) is 6.72. The number of hydrogen-bond acceptors (Lipinski definition) is 4. The van der Waals surface area contributed by atoms with Gasteiger partial charge in [0.1, 0.15) is 9.23 Å². The van der Waals surface area contributed by atoms with Gasteiger partial charge in [0.25, 0.3) is 15.6 Å². The van der Waals surface area contributed by atoms with Crippen LogP contribution in [0.1, 0.15) is 19.4 Å². The van der Waals surface area contributed by atoms with Gasteiger partial charge in [0.05, 0.1) is 10.0 Å². The molecule has 0 saturated carbocycles. The number of halogens is 8. The Labute approximate surface area is 181 Å². The van der Waals surface area contributed by atoms with Crippen LogP contribution in [0, 0.1) is 0 Å². The fourth-order valence-corrected chi connectivity index (χ4v) is 6.44. The van der Waals surface area contributed by atoms with E-state index in [2.05, 4.69) is 0 Å². The predicted octanol–water partition coefficient (Wildman–Crippen LogP) is 5.97. The fraction of sp³-hybridized carbons (Fsp3) is 0.375. The largest absolute Gasteiger partial charge is 0.430 e. The Morgan fingerprint density at radius 2 is 1.47 bits per heavy atom. The molecule has 30 heavy (non-hydrogen) atoms. The van der Waals surface area contributed by atoms with E-state index in [-0.39, 0.29) is 19.3 Å². The van der Waals surface area contributed by atoms with Crippen LogP contribution in [0.4, 0.5) is 32.0 Å². The number of hydrogen-bond donors (Lipinski definition) is 1. The SMILES string of the molecule is CC(C)N(c1ccc(C(O)(C(F)(F)F)C(F)(F)F)cc1)S(=O)(=O)c1cc(Cl)sc1Cl. The van der Waals surface area contributed by atoms with Gasteiger partial charge in [-0.05, 0) is 32.0 Å². The smallest absolute Gasteiger partial charge is 0.369 e. The van der Waals surface area contributed by atoms with Gasteiger partial charge >= 0.3 is 12.4 Å². The summed E-state index contributed by atoms with van der Waals surface area (Å²) in [6.45, 7) is 2.88. The molecule has 1 aromatic carbocycles. The quantitative estimate of drug-likeness (QED) is 0.499. The van der Waals surface area contributed by atoms with E-state index in [1.165, 1.54) is 13.8 Å². The molecule has 0 atom stereocenters. The van der Waals surface area contributed by atoms with E-state index in [0.29, 0.717) is 12.1 Å². The third kappa shape index (κ3) is 4.24. The molecule has 0 aliphatic rings. The molecule has 0 bridgehead atoms. The monoisotopic (exact) mass is 515 g/mol. The highest BCUT2D eigenvalue weighted by atomic mass is 35.5. The highest BCUT2D eigenvalue weighted by Crippen LogP contribution is 2.50. The Morgan fingerprint density at radius 1 is 1.00 bits per heavy atom. The van der Waals surface area contributed by atoms with Crippen molar-refractivity contribution in [1.29, 1.82) is 0 Å². The van der Waals surface area contributed by atoms with Crippen LogP contribution in [-0.4, -0.2) is 31.9 Å². The lowest BCUT2D eigenvalue weighted by molar-refractivity contribution is -0.376. The third-order valence-corrected chi connectivity index (χ3v) is 7.75. The van der Waals surface area contributed by atoms with Crippen molar-refractivity contribution in [2.24, 2.45) is 0 Å². The number of anilines is 1. The molecular formula is C16H13Cl2F6NO3S2. The summed E-state index contributed by atoms with van der Waals surface area (Å²) in [5.74, 6) is 0. The lowest BCUT2D eigenvalue weighted by Gasteiger charge is -2.33. The first-order chi connectivity index (χ1) is 13.4. The van der Waals surface area contributed by atoms with Gasteiger partial charge in [0.2, 0.25) is 0 Å². The van der Waals surface area contributed by atoms with Crippen LogP contribution in [0.25, 0.3) is 0 Å². The molecule has 1 aromatic heterocycles. The second kappa shape index (κ2) is 8.05. The molecule has 0 amide bonds. The molecule has 168 valence electrons. The average molecular weight is 516 g/mol.